The molecule has 1 atom stereocenters. The SMILES string of the molecule is COc1c(Cl)cccc1NC(=S)C1=C(O)C[C@H](C)N(C(=O)O)C1=O. The number of anilines is 1. The number of carbonyl (C=O) groups excluding carboxylic acids is 1. The van der Waals surface area contributed by atoms with Crippen LogP contribution in [0.15, 0.2) is 29.5 Å². The van der Waals surface area contributed by atoms with Crippen LogP contribution in [0.4, 0.5) is 10.5 Å². The lowest BCUT2D eigenvalue weighted by Gasteiger charge is -2.30. The van der Waals surface area contributed by atoms with E-state index in [9.17, 15) is 19.8 Å². The van der Waals surface area contributed by atoms with Gasteiger partial charge in [0.15, 0.2) is 5.75 Å². The van der Waals surface area contributed by atoms with Crippen LogP contribution in [-0.2, 0) is 4.79 Å². The number of ether oxygens (including phenoxy) is 1. The van der Waals surface area contributed by atoms with Crippen LogP contribution in [0.1, 0.15) is 13.3 Å². The summed E-state index contributed by atoms with van der Waals surface area (Å²) < 4.78 is 5.17. The molecule has 2 amide bonds. The zero-order chi connectivity index (χ0) is 18.0. The van der Waals surface area contributed by atoms with Gasteiger partial charge in [-0.1, -0.05) is 29.9 Å². The van der Waals surface area contributed by atoms with Crippen LogP contribution in [0.3, 0.4) is 0 Å². The van der Waals surface area contributed by atoms with E-state index in [1.165, 1.54) is 14.0 Å². The minimum Gasteiger partial charge on any atom is -0.511 e. The third-order valence-corrected chi connectivity index (χ3v) is 4.11. The molecule has 0 aliphatic carbocycles. The van der Waals surface area contributed by atoms with E-state index in [0.717, 1.165) is 0 Å². The Morgan fingerprint density at radius 3 is 2.75 bits per heavy atom. The Labute approximate surface area is 148 Å². The van der Waals surface area contributed by atoms with Gasteiger partial charge in [0.25, 0.3) is 5.91 Å². The van der Waals surface area contributed by atoms with Gasteiger partial charge in [-0.2, -0.15) is 0 Å². The van der Waals surface area contributed by atoms with Crippen molar-refractivity contribution in [2.75, 3.05) is 12.4 Å². The Bertz CT molecular complexity index is 749. The molecule has 0 spiro atoms. The lowest BCUT2D eigenvalue weighted by Crippen LogP contribution is -2.48. The molecule has 0 saturated heterocycles. The summed E-state index contributed by atoms with van der Waals surface area (Å²) in [4.78, 5) is 24.2. The van der Waals surface area contributed by atoms with E-state index in [1.54, 1.807) is 18.2 Å². The van der Waals surface area contributed by atoms with Crippen LogP contribution in [0, 0.1) is 0 Å². The van der Waals surface area contributed by atoms with Crippen LogP contribution >= 0.6 is 23.8 Å². The molecule has 1 heterocycles. The number of nitrogens with one attached hydrogen (secondary N) is 1. The van der Waals surface area contributed by atoms with Gasteiger partial charge in [-0.3, -0.25) is 4.79 Å². The summed E-state index contributed by atoms with van der Waals surface area (Å²) in [6, 6.07) is 4.21. The van der Waals surface area contributed by atoms with E-state index in [0.29, 0.717) is 21.4 Å². The minimum atomic E-state index is -1.40. The second-order valence-electron chi connectivity index (χ2n) is 5.11. The van der Waals surface area contributed by atoms with Crippen LogP contribution in [0.25, 0.3) is 0 Å². The monoisotopic (exact) mass is 370 g/mol. The zero-order valence-corrected chi connectivity index (χ0v) is 14.4. The van der Waals surface area contributed by atoms with Crippen molar-refractivity contribution in [3.8, 4) is 5.75 Å². The highest BCUT2D eigenvalue weighted by Crippen LogP contribution is 2.33. The van der Waals surface area contributed by atoms with Gasteiger partial charge in [0.2, 0.25) is 0 Å². The lowest BCUT2D eigenvalue weighted by molar-refractivity contribution is -0.127. The second-order valence-corrected chi connectivity index (χ2v) is 5.92. The van der Waals surface area contributed by atoms with Gasteiger partial charge in [0.1, 0.15) is 16.3 Å². The molecule has 0 unspecified atom stereocenters. The molecule has 1 aromatic carbocycles. The van der Waals surface area contributed by atoms with Crippen molar-refractivity contribution in [3.63, 3.8) is 0 Å². The minimum absolute atomic E-state index is 0.0120. The first kappa shape index (κ1) is 18.0. The van der Waals surface area contributed by atoms with Crippen LogP contribution in [0.5, 0.6) is 5.75 Å². The van der Waals surface area contributed by atoms with Gasteiger partial charge in [0, 0.05) is 12.5 Å². The highest BCUT2D eigenvalue weighted by Gasteiger charge is 2.38. The molecule has 1 aliphatic heterocycles. The van der Waals surface area contributed by atoms with Gasteiger partial charge >= 0.3 is 6.09 Å². The average Bonchev–Trinajstić information content (AvgIpc) is 2.46. The fraction of sp³-hybridized carbons (Fsp3) is 0.267. The molecule has 0 aromatic heterocycles. The maximum atomic E-state index is 12.4. The van der Waals surface area contributed by atoms with Gasteiger partial charge in [-0.25, -0.2) is 9.69 Å². The third-order valence-electron chi connectivity index (χ3n) is 3.50. The van der Waals surface area contributed by atoms with E-state index in [1.807, 2.05) is 0 Å². The molecule has 0 radical (unpaired) electrons. The van der Waals surface area contributed by atoms with Crippen molar-refractivity contribution in [1.82, 2.24) is 4.90 Å². The molecule has 0 saturated carbocycles. The summed E-state index contributed by atoms with van der Waals surface area (Å²) in [5, 5.41) is 22.4. The summed E-state index contributed by atoms with van der Waals surface area (Å²) in [6.07, 6.45) is -1.41. The predicted molar refractivity (Wildman–Crippen MR) is 92.8 cm³/mol. The maximum absolute atomic E-state index is 12.4. The molecule has 0 fully saturated rings. The number of methoxy groups -OCH3 is 1. The summed E-state index contributed by atoms with van der Waals surface area (Å²) in [7, 11) is 1.42. The number of nitrogens with zero attached hydrogens (tertiary/aromatic N) is 1. The fourth-order valence-electron chi connectivity index (χ4n) is 2.42. The average molecular weight is 371 g/mol. The van der Waals surface area contributed by atoms with E-state index in [2.05, 4.69) is 5.32 Å². The lowest BCUT2D eigenvalue weighted by atomic mass is 10.0. The van der Waals surface area contributed by atoms with E-state index >= 15 is 0 Å². The number of para-hydroxylation sites is 1. The van der Waals surface area contributed by atoms with Crippen molar-refractivity contribution < 1.29 is 24.5 Å². The normalized spacial score (nSPS) is 17.7. The maximum Gasteiger partial charge on any atom is 0.414 e. The standard InChI is InChI=1S/C15H15ClN2O5S/c1-7-6-10(19)11(14(20)18(7)15(21)22)13(24)17-9-5-3-4-8(16)12(9)23-2/h3-5,7,19H,6H2,1-2H3,(H,17,24)(H,21,22)/t7-/m0/s1. The first-order chi connectivity index (χ1) is 11.3. The number of carbonyl (C=O) groups is 2. The zero-order valence-electron chi connectivity index (χ0n) is 12.9. The first-order valence-corrected chi connectivity index (χ1v) is 7.69. The first-order valence-electron chi connectivity index (χ1n) is 6.90. The third kappa shape index (κ3) is 3.29. The van der Waals surface area contributed by atoms with Crippen molar-refractivity contribution in [3.05, 3.63) is 34.6 Å². The number of rotatable bonds is 3. The number of amides is 2. The largest absolute Gasteiger partial charge is 0.511 e. The molecular weight excluding hydrogens is 356 g/mol. The predicted octanol–water partition coefficient (Wildman–Crippen LogP) is 3.20. The topological polar surface area (TPSA) is 99.1 Å². The Balaban J connectivity index is 2.36. The van der Waals surface area contributed by atoms with Crippen LogP contribution in [0.2, 0.25) is 5.02 Å². The van der Waals surface area contributed by atoms with Gasteiger partial charge in [-0.15, -0.1) is 0 Å². The second kappa shape index (κ2) is 7.06. The number of thiocarbonyl (C=S) groups is 1. The number of halogens is 1. The van der Waals surface area contributed by atoms with Crippen molar-refractivity contribution >= 4 is 46.5 Å². The van der Waals surface area contributed by atoms with E-state index in [4.69, 9.17) is 28.6 Å². The molecular formula is C15H15ClN2O5S. The van der Waals surface area contributed by atoms with E-state index < -0.39 is 18.0 Å². The Hall–Kier alpha value is -2.32. The van der Waals surface area contributed by atoms with Gasteiger partial charge < -0.3 is 20.3 Å². The Morgan fingerprint density at radius 1 is 1.50 bits per heavy atom. The highest BCUT2D eigenvalue weighted by molar-refractivity contribution is 7.81. The van der Waals surface area contributed by atoms with Gasteiger partial charge in [-0.05, 0) is 19.1 Å². The number of aliphatic hydroxyl groups is 1. The number of carboxylic acid groups (broad SMARTS) is 1. The molecule has 1 aromatic rings. The number of hydrogen-bond acceptors (Lipinski definition) is 5. The number of imide groups is 1. The van der Waals surface area contributed by atoms with E-state index in [-0.39, 0.29) is 22.7 Å². The summed E-state index contributed by atoms with van der Waals surface area (Å²) in [5.74, 6) is -0.825. The quantitative estimate of drug-likeness (QED) is 0.702. The van der Waals surface area contributed by atoms with Gasteiger partial charge in [0.05, 0.1) is 17.8 Å². The highest BCUT2D eigenvalue weighted by atomic mass is 35.5. The number of hydrogen-bond donors (Lipinski definition) is 3. The molecule has 1 aliphatic rings. The number of aliphatic hydroxyl groups excluding tert-OH is 1. The summed E-state index contributed by atoms with van der Waals surface area (Å²) in [5.41, 5.74) is 0.135. The van der Waals surface area contributed by atoms with Crippen LogP contribution < -0.4 is 10.1 Å². The summed E-state index contributed by atoms with van der Waals surface area (Å²) >= 11 is 11.2. The molecule has 7 nitrogen and oxygen atoms in total. The molecule has 2 rings (SSSR count). The van der Waals surface area contributed by atoms with Crippen molar-refractivity contribution in [2.45, 2.75) is 19.4 Å². The van der Waals surface area contributed by atoms with Crippen LogP contribution in [-0.4, -0.2) is 45.3 Å². The molecule has 3 N–H and O–H groups in total. The Kier molecular flexibility index (Phi) is 5.30. The molecule has 128 valence electrons. The van der Waals surface area contributed by atoms with Crippen molar-refractivity contribution in [2.24, 2.45) is 0 Å². The summed E-state index contributed by atoms with van der Waals surface area (Å²) in [6.45, 7) is 1.52. The molecule has 0 bridgehead atoms. The molecule has 24 heavy (non-hydrogen) atoms. The number of benzene rings is 1. The fourth-order valence-corrected chi connectivity index (χ4v) is 2.99. The van der Waals surface area contributed by atoms with Crippen molar-refractivity contribution in [1.29, 1.82) is 0 Å². The Morgan fingerprint density at radius 2 is 2.17 bits per heavy atom. The molecule has 9 heteroatoms. The smallest absolute Gasteiger partial charge is 0.414 e.